The van der Waals surface area contributed by atoms with Gasteiger partial charge in [0, 0.05) is 24.7 Å². The fourth-order valence-corrected chi connectivity index (χ4v) is 4.84. The van der Waals surface area contributed by atoms with Gasteiger partial charge in [0.05, 0.1) is 6.10 Å². The third-order valence-electron chi connectivity index (χ3n) is 5.90. The maximum atomic E-state index is 10.4. The van der Waals surface area contributed by atoms with E-state index < -0.39 is 0 Å². The van der Waals surface area contributed by atoms with Gasteiger partial charge in [0.15, 0.2) is 0 Å². The normalized spacial score (nSPS) is 35.9. The molecular weight excluding hydrogens is 248 g/mol. The number of aliphatic hydroxyl groups excluding tert-OH is 1. The van der Waals surface area contributed by atoms with Gasteiger partial charge in [0.2, 0.25) is 0 Å². The lowest BCUT2D eigenvalue weighted by atomic mass is 9.96. The number of likely N-dealkylation sites (N-methyl/N-ethyl adjacent to an activating group) is 1. The molecule has 2 N–H and O–H groups in total. The number of piperidine rings is 1. The average molecular weight is 280 g/mol. The van der Waals surface area contributed by atoms with E-state index in [2.05, 4.69) is 17.1 Å². The zero-order chi connectivity index (χ0) is 13.9. The summed E-state index contributed by atoms with van der Waals surface area (Å²) in [7, 11) is 0. The van der Waals surface area contributed by atoms with Crippen LogP contribution < -0.4 is 5.32 Å². The number of hydrogen-bond acceptors (Lipinski definition) is 3. The van der Waals surface area contributed by atoms with Crippen molar-refractivity contribution in [2.45, 2.75) is 88.9 Å². The summed E-state index contributed by atoms with van der Waals surface area (Å²) >= 11 is 0. The van der Waals surface area contributed by atoms with E-state index in [9.17, 15) is 5.11 Å². The molecule has 2 saturated heterocycles. The highest BCUT2D eigenvalue weighted by Gasteiger charge is 2.36. The summed E-state index contributed by atoms with van der Waals surface area (Å²) in [5.41, 5.74) is 0. The van der Waals surface area contributed by atoms with E-state index in [-0.39, 0.29) is 6.10 Å². The van der Waals surface area contributed by atoms with Crippen LogP contribution in [-0.4, -0.2) is 47.3 Å². The molecule has 2 heterocycles. The van der Waals surface area contributed by atoms with Crippen molar-refractivity contribution in [2.24, 2.45) is 5.92 Å². The molecular formula is C17H32N2O. The second-order valence-corrected chi connectivity index (χ2v) is 7.39. The Morgan fingerprint density at radius 3 is 2.35 bits per heavy atom. The predicted octanol–water partition coefficient (Wildman–Crippen LogP) is 2.53. The van der Waals surface area contributed by atoms with Crippen molar-refractivity contribution >= 4 is 0 Å². The molecule has 0 aromatic heterocycles. The Hall–Kier alpha value is -0.120. The van der Waals surface area contributed by atoms with Gasteiger partial charge >= 0.3 is 0 Å². The summed E-state index contributed by atoms with van der Waals surface area (Å²) in [4.78, 5) is 2.56. The number of nitrogens with zero attached hydrogens (tertiary/aromatic N) is 1. The summed E-state index contributed by atoms with van der Waals surface area (Å²) in [5, 5.41) is 14.2. The van der Waals surface area contributed by atoms with E-state index in [1.54, 1.807) is 0 Å². The predicted molar refractivity (Wildman–Crippen MR) is 82.8 cm³/mol. The van der Waals surface area contributed by atoms with E-state index >= 15 is 0 Å². The summed E-state index contributed by atoms with van der Waals surface area (Å²) < 4.78 is 0. The quantitative estimate of drug-likeness (QED) is 0.785. The van der Waals surface area contributed by atoms with Crippen LogP contribution in [0.2, 0.25) is 0 Å². The summed E-state index contributed by atoms with van der Waals surface area (Å²) in [5.74, 6) is 0.799. The van der Waals surface area contributed by atoms with Crippen LogP contribution in [0.3, 0.4) is 0 Å². The van der Waals surface area contributed by atoms with Crippen LogP contribution in [0.1, 0.15) is 64.7 Å². The van der Waals surface area contributed by atoms with Crippen LogP contribution in [0.25, 0.3) is 0 Å². The highest BCUT2D eigenvalue weighted by Crippen LogP contribution is 2.31. The Labute approximate surface area is 124 Å². The minimum absolute atomic E-state index is 0.106. The first-order chi connectivity index (χ1) is 9.74. The fourth-order valence-electron chi connectivity index (χ4n) is 4.84. The molecule has 0 amide bonds. The largest absolute Gasteiger partial charge is 0.392 e. The van der Waals surface area contributed by atoms with E-state index in [4.69, 9.17) is 0 Å². The van der Waals surface area contributed by atoms with Crippen LogP contribution in [0.15, 0.2) is 0 Å². The molecule has 0 aromatic rings. The fraction of sp³-hybridized carbons (Fsp3) is 1.00. The standard InChI is InChI=1S/C17H32N2O/c1-2-19(12-17(20)9-13-5-3-4-6-13)16-10-14-7-8-15(11-16)18-14/h13-18,20H,2-12H2,1H3. The number of rotatable bonds is 6. The van der Waals surface area contributed by atoms with Gasteiger partial charge in [-0.3, -0.25) is 4.90 Å². The molecule has 0 aromatic carbocycles. The number of nitrogens with one attached hydrogen (secondary N) is 1. The molecule has 3 unspecified atom stereocenters. The zero-order valence-electron chi connectivity index (χ0n) is 13.1. The second kappa shape index (κ2) is 6.76. The minimum Gasteiger partial charge on any atom is -0.392 e. The van der Waals surface area contributed by atoms with E-state index in [0.717, 1.165) is 37.5 Å². The Balaban J connectivity index is 1.48. The molecule has 3 nitrogen and oxygen atoms in total. The van der Waals surface area contributed by atoms with Gasteiger partial charge < -0.3 is 10.4 Å². The van der Waals surface area contributed by atoms with Crippen molar-refractivity contribution in [1.29, 1.82) is 0 Å². The third kappa shape index (κ3) is 3.55. The van der Waals surface area contributed by atoms with E-state index in [0.29, 0.717) is 6.04 Å². The molecule has 20 heavy (non-hydrogen) atoms. The van der Waals surface area contributed by atoms with Crippen molar-refractivity contribution in [3.63, 3.8) is 0 Å². The van der Waals surface area contributed by atoms with Crippen LogP contribution >= 0.6 is 0 Å². The Bertz CT molecular complexity index is 291. The number of aliphatic hydroxyl groups is 1. The smallest absolute Gasteiger partial charge is 0.0669 e. The molecule has 116 valence electrons. The molecule has 2 bridgehead atoms. The van der Waals surface area contributed by atoms with Gasteiger partial charge in [-0.2, -0.15) is 0 Å². The maximum absolute atomic E-state index is 10.4. The molecule has 3 heteroatoms. The van der Waals surface area contributed by atoms with Gasteiger partial charge in [0.25, 0.3) is 0 Å². The van der Waals surface area contributed by atoms with Crippen molar-refractivity contribution in [2.75, 3.05) is 13.1 Å². The highest BCUT2D eigenvalue weighted by molar-refractivity contribution is 4.95. The van der Waals surface area contributed by atoms with Crippen LogP contribution in [0.5, 0.6) is 0 Å². The Kier molecular flexibility index (Phi) is 5.00. The van der Waals surface area contributed by atoms with E-state index in [1.807, 2.05) is 0 Å². The minimum atomic E-state index is -0.106. The van der Waals surface area contributed by atoms with Crippen molar-refractivity contribution in [3.8, 4) is 0 Å². The SMILES string of the molecule is CCN(CC(O)CC1CCCC1)C1CC2CCC(C1)N2. The van der Waals surface area contributed by atoms with E-state index in [1.165, 1.54) is 51.4 Å². The van der Waals surface area contributed by atoms with Crippen molar-refractivity contribution in [3.05, 3.63) is 0 Å². The molecule has 1 aliphatic carbocycles. The monoisotopic (exact) mass is 280 g/mol. The average Bonchev–Trinajstić information content (AvgIpc) is 3.06. The van der Waals surface area contributed by atoms with Crippen molar-refractivity contribution < 1.29 is 5.11 Å². The first-order valence-corrected chi connectivity index (χ1v) is 8.92. The van der Waals surface area contributed by atoms with Gasteiger partial charge in [0.1, 0.15) is 0 Å². The van der Waals surface area contributed by atoms with Gasteiger partial charge in [-0.1, -0.05) is 32.6 Å². The van der Waals surface area contributed by atoms with Crippen LogP contribution in [0.4, 0.5) is 0 Å². The topological polar surface area (TPSA) is 35.5 Å². The van der Waals surface area contributed by atoms with Crippen LogP contribution in [0, 0.1) is 5.92 Å². The van der Waals surface area contributed by atoms with Crippen LogP contribution in [-0.2, 0) is 0 Å². The summed E-state index contributed by atoms with van der Waals surface area (Å²) in [6.45, 7) is 4.25. The second-order valence-electron chi connectivity index (χ2n) is 7.39. The van der Waals surface area contributed by atoms with Crippen molar-refractivity contribution in [1.82, 2.24) is 10.2 Å². The number of hydrogen-bond donors (Lipinski definition) is 2. The Morgan fingerprint density at radius 2 is 1.75 bits per heavy atom. The molecule has 3 rings (SSSR count). The third-order valence-corrected chi connectivity index (χ3v) is 5.90. The molecule has 3 fully saturated rings. The molecule has 0 radical (unpaired) electrons. The molecule has 0 spiro atoms. The Morgan fingerprint density at radius 1 is 1.10 bits per heavy atom. The van der Waals surface area contributed by atoms with Gasteiger partial charge in [-0.15, -0.1) is 0 Å². The molecule has 3 aliphatic rings. The first-order valence-electron chi connectivity index (χ1n) is 8.92. The highest BCUT2D eigenvalue weighted by atomic mass is 16.3. The van der Waals surface area contributed by atoms with Gasteiger partial charge in [-0.05, 0) is 44.6 Å². The lowest BCUT2D eigenvalue weighted by molar-refractivity contribution is 0.0582. The van der Waals surface area contributed by atoms with Gasteiger partial charge in [-0.25, -0.2) is 0 Å². The first kappa shape index (κ1) is 14.8. The molecule has 2 aliphatic heterocycles. The zero-order valence-corrected chi connectivity index (χ0v) is 13.1. The lowest BCUT2D eigenvalue weighted by Gasteiger charge is -2.38. The molecule has 1 saturated carbocycles. The molecule has 3 atom stereocenters. The lowest BCUT2D eigenvalue weighted by Crippen LogP contribution is -2.50. The summed E-state index contributed by atoms with van der Waals surface area (Å²) in [6, 6.07) is 2.21. The summed E-state index contributed by atoms with van der Waals surface area (Å²) in [6.07, 6.45) is 11.7. The maximum Gasteiger partial charge on any atom is 0.0669 e. The number of fused-ring (bicyclic) bond motifs is 2.